The molecule has 1 N–H and O–H groups in total. The van der Waals surface area contributed by atoms with Crippen LogP contribution in [0.5, 0.6) is 0 Å². The lowest BCUT2D eigenvalue weighted by Crippen LogP contribution is -2.54. The number of rotatable bonds is 7. The number of likely N-dealkylation sites (tertiary alicyclic amines) is 1. The second kappa shape index (κ2) is 8.11. The Morgan fingerprint density at radius 2 is 1.71 bits per heavy atom. The van der Waals surface area contributed by atoms with Crippen molar-refractivity contribution in [1.82, 2.24) is 13.9 Å². The molecule has 0 aliphatic carbocycles. The van der Waals surface area contributed by atoms with Gasteiger partial charge >= 0.3 is 0 Å². The molecule has 142 valence electrons. The van der Waals surface area contributed by atoms with Crippen LogP contribution in [0.3, 0.4) is 0 Å². The first-order chi connectivity index (χ1) is 10.9. The highest BCUT2D eigenvalue weighted by atomic mass is 32.2. The fourth-order valence-electron chi connectivity index (χ4n) is 2.78. The fraction of sp³-hybridized carbons (Fsp3) is 0.929. The molecule has 8 nitrogen and oxygen atoms in total. The molecule has 0 aromatic heterocycles. The standard InChI is InChI=1S/C14H29N3O5S2/c1-6-24(21,22)16(4)12-7-9-17(10-8-12)14(18)13(11(2)3)15-23(5,19)20/h11-13,15H,6-10H2,1-5H3/t13-/m0/s1. The topological polar surface area (TPSA) is 104 Å². The predicted octanol–water partition coefficient (Wildman–Crippen LogP) is -0.167. The Morgan fingerprint density at radius 3 is 2.08 bits per heavy atom. The van der Waals surface area contributed by atoms with Gasteiger partial charge in [0.15, 0.2) is 0 Å². The minimum atomic E-state index is -3.48. The Hall–Kier alpha value is -0.710. The van der Waals surface area contributed by atoms with Crippen molar-refractivity contribution < 1.29 is 21.6 Å². The van der Waals surface area contributed by atoms with Crippen LogP contribution >= 0.6 is 0 Å². The highest BCUT2D eigenvalue weighted by Crippen LogP contribution is 2.20. The Balaban J connectivity index is 2.74. The monoisotopic (exact) mass is 383 g/mol. The molecule has 1 heterocycles. The molecule has 1 rings (SSSR count). The van der Waals surface area contributed by atoms with Crippen LogP contribution in [0.2, 0.25) is 0 Å². The van der Waals surface area contributed by atoms with Gasteiger partial charge in [0.25, 0.3) is 0 Å². The van der Waals surface area contributed by atoms with Crippen molar-refractivity contribution >= 4 is 26.0 Å². The zero-order valence-electron chi connectivity index (χ0n) is 15.0. The minimum absolute atomic E-state index is 0.0519. The molecule has 0 aromatic carbocycles. The van der Waals surface area contributed by atoms with Gasteiger partial charge in [-0.1, -0.05) is 13.8 Å². The largest absolute Gasteiger partial charge is 0.341 e. The Labute approximate surface area is 145 Å². The maximum Gasteiger partial charge on any atom is 0.241 e. The number of piperidine rings is 1. The third kappa shape index (κ3) is 5.68. The molecular formula is C14H29N3O5S2. The predicted molar refractivity (Wildman–Crippen MR) is 93.4 cm³/mol. The highest BCUT2D eigenvalue weighted by molar-refractivity contribution is 7.89. The van der Waals surface area contributed by atoms with Gasteiger partial charge in [0.2, 0.25) is 26.0 Å². The second-order valence-electron chi connectivity index (χ2n) is 6.58. The van der Waals surface area contributed by atoms with Crippen molar-refractivity contribution in [2.24, 2.45) is 5.92 Å². The van der Waals surface area contributed by atoms with E-state index in [0.717, 1.165) is 6.26 Å². The van der Waals surface area contributed by atoms with E-state index >= 15 is 0 Å². The van der Waals surface area contributed by atoms with Crippen molar-refractivity contribution in [3.8, 4) is 0 Å². The summed E-state index contributed by atoms with van der Waals surface area (Å²) >= 11 is 0. The third-order valence-electron chi connectivity index (χ3n) is 4.37. The molecule has 1 saturated heterocycles. The fourth-order valence-corrected chi connectivity index (χ4v) is 4.69. The van der Waals surface area contributed by atoms with E-state index < -0.39 is 26.1 Å². The number of nitrogens with one attached hydrogen (secondary N) is 1. The summed E-state index contributed by atoms with van der Waals surface area (Å²) in [5.41, 5.74) is 0. The maximum absolute atomic E-state index is 12.6. The summed E-state index contributed by atoms with van der Waals surface area (Å²) in [5, 5.41) is 0. The summed E-state index contributed by atoms with van der Waals surface area (Å²) in [6.45, 7) is 6.02. The van der Waals surface area contributed by atoms with Gasteiger partial charge < -0.3 is 4.90 Å². The number of hydrogen-bond acceptors (Lipinski definition) is 5. The summed E-state index contributed by atoms with van der Waals surface area (Å²) in [5.74, 6) is -0.376. The zero-order chi connectivity index (χ0) is 18.7. The first-order valence-corrected chi connectivity index (χ1v) is 11.6. The molecule has 1 atom stereocenters. The summed E-state index contributed by atoms with van der Waals surface area (Å²) in [7, 11) is -5.16. The van der Waals surface area contributed by atoms with Crippen LogP contribution in [0.4, 0.5) is 0 Å². The van der Waals surface area contributed by atoms with Crippen LogP contribution in [0.15, 0.2) is 0 Å². The van der Waals surface area contributed by atoms with E-state index in [1.807, 2.05) is 0 Å². The van der Waals surface area contributed by atoms with Crippen molar-refractivity contribution in [1.29, 1.82) is 0 Å². The molecule has 0 radical (unpaired) electrons. The molecule has 1 amide bonds. The van der Waals surface area contributed by atoms with Gasteiger partial charge in [0, 0.05) is 26.2 Å². The number of nitrogens with zero attached hydrogens (tertiary/aromatic N) is 2. The lowest BCUT2D eigenvalue weighted by molar-refractivity contribution is -0.135. The quantitative estimate of drug-likeness (QED) is 0.657. The van der Waals surface area contributed by atoms with E-state index in [0.29, 0.717) is 25.9 Å². The summed E-state index contributed by atoms with van der Waals surface area (Å²) < 4.78 is 50.6. The van der Waals surface area contributed by atoms with Crippen molar-refractivity contribution in [3.63, 3.8) is 0 Å². The number of carbonyl (C=O) groups is 1. The summed E-state index contributed by atoms with van der Waals surface area (Å²) in [6.07, 6.45) is 2.13. The van der Waals surface area contributed by atoms with E-state index in [1.165, 1.54) is 4.31 Å². The Bertz CT molecular complexity index is 637. The van der Waals surface area contributed by atoms with E-state index in [-0.39, 0.29) is 23.6 Å². The lowest BCUT2D eigenvalue weighted by Gasteiger charge is -2.38. The first-order valence-electron chi connectivity index (χ1n) is 8.10. The van der Waals surface area contributed by atoms with Gasteiger partial charge in [-0.3, -0.25) is 4.79 Å². The molecule has 0 saturated carbocycles. The van der Waals surface area contributed by atoms with E-state index in [4.69, 9.17) is 0 Å². The molecule has 1 fully saturated rings. The minimum Gasteiger partial charge on any atom is -0.341 e. The number of sulfonamides is 2. The average molecular weight is 384 g/mol. The second-order valence-corrected chi connectivity index (χ2v) is 10.7. The molecule has 0 unspecified atom stereocenters. The maximum atomic E-state index is 12.6. The number of hydrogen-bond donors (Lipinski definition) is 1. The SMILES string of the molecule is CCS(=O)(=O)N(C)C1CCN(C(=O)[C@@H](NS(C)(=O)=O)C(C)C)CC1. The Kier molecular flexibility index (Phi) is 7.21. The normalized spacial score (nSPS) is 19.0. The first kappa shape index (κ1) is 21.3. The van der Waals surface area contributed by atoms with Crippen LogP contribution in [0.1, 0.15) is 33.6 Å². The summed E-state index contributed by atoms with van der Waals surface area (Å²) in [6, 6.07) is -0.923. The molecule has 1 aliphatic rings. The van der Waals surface area contributed by atoms with Crippen molar-refractivity contribution in [2.45, 2.75) is 45.7 Å². The molecule has 0 bridgehead atoms. The summed E-state index contributed by atoms with van der Waals surface area (Å²) in [4.78, 5) is 14.2. The molecular weight excluding hydrogens is 354 g/mol. The van der Waals surface area contributed by atoms with Crippen molar-refractivity contribution in [3.05, 3.63) is 0 Å². The van der Waals surface area contributed by atoms with E-state index in [2.05, 4.69) is 4.72 Å². The van der Waals surface area contributed by atoms with Crippen LogP contribution in [-0.2, 0) is 24.8 Å². The van der Waals surface area contributed by atoms with Crippen molar-refractivity contribution in [2.75, 3.05) is 32.1 Å². The lowest BCUT2D eigenvalue weighted by atomic mass is 10.0. The highest BCUT2D eigenvalue weighted by Gasteiger charge is 2.34. The van der Waals surface area contributed by atoms with Crippen LogP contribution in [0, 0.1) is 5.92 Å². The van der Waals surface area contributed by atoms with Gasteiger partial charge in [-0.25, -0.2) is 25.9 Å². The number of carbonyl (C=O) groups excluding carboxylic acids is 1. The number of amides is 1. The van der Waals surface area contributed by atoms with Gasteiger partial charge in [-0.05, 0) is 25.7 Å². The molecule has 24 heavy (non-hydrogen) atoms. The molecule has 0 spiro atoms. The van der Waals surface area contributed by atoms with Crippen LogP contribution in [-0.4, -0.2) is 76.2 Å². The smallest absolute Gasteiger partial charge is 0.241 e. The molecule has 10 heteroatoms. The third-order valence-corrected chi connectivity index (χ3v) is 6.96. The zero-order valence-corrected chi connectivity index (χ0v) is 16.7. The van der Waals surface area contributed by atoms with E-state index in [9.17, 15) is 21.6 Å². The van der Waals surface area contributed by atoms with Gasteiger partial charge in [0.1, 0.15) is 6.04 Å². The van der Waals surface area contributed by atoms with Gasteiger partial charge in [-0.2, -0.15) is 0 Å². The average Bonchev–Trinajstić information content (AvgIpc) is 2.50. The van der Waals surface area contributed by atoms with Crippen LogP contribution in [0.25, 0.3) is 0 Å². The Morgan fingerprint density at radius 1 is 1.21 bits per heavy atom. The van der Waals surface area contributed by atoms with E-state index in [1.54, 1.807) is 32.7 Å². The van der Waals surface area contributed by atoms with Gasteiger partial charge in [-0.15, -0.1) is 0 Å². The molecule has 0 aromatic rings. The van der Waals surface area contributed by atoms with Gasteiger partial charge in [0.05, 0.1) is 12.0 Å². The molecule has 1 aliphatic heterocycles. The van der Waals surface area contributed by atoms with Crippen LogP contribution < -0.4 is 4.72 Å².